The molecule has 0 fully saturated rings. The lowest BCUT2D eigenvalue weighted by Crippen LogP contribution is -2.09. The molecule has 0 saturated heterocycles. The number of nitrogens with one attached hydrogen (secondary N) is 1. The summed E-state index contributed by atoms with van der Waals surface area (Å²) < 4.78 is 0. The number of aryl methyl sites for hydroxylation is 1. The molecule has 0 atom stereocenters. The van der Waals surface area contributed by atoms with Gasteiger partial charge in [0.1, 0.15) is 0 Å². The zero-order valence-electron chi connectivity index (χ0n) is 10.4. The molecule has 17 heavy (non-hydrogen) atoms. The minimum atomic E-state index is 0.783. The molecule has 1 aromatic carbocycles. The standard InChI is InChI=1S/C13H17N3S/c1-10-6-12(16(2)3)4-5-13(10)14-7-11-8-17-9-15-11/h4-6,8-9,14H,7H2,1-3H3. The number of rotatable bonds is 4. The van der Waals surface area contributed by atoms with E-state index in [2.05, 4.69) is 59.8 Å². The Bertz CT molecular complexity index is 477. The van der Waals surface area contributed by atoms with E-state index >= 15 is 0 Å². The first-order chi connectivity index (χ1) is 8.16. The van der Waals surface area contributed by atoms with Crippen LogP contribution in [0.4, 0.5) is 11.4 Å². The van der Waals surface area contributed by atoms with Crippen molar-refractivity contribution in [3.8, 4) is 0 Å². The molecule has 0 unspecified atom stereocenters. The molecule has 0 bridgehead atoms. The first-order valence-electron chi connectivity index (χ1n) is 5.56. The molecule has 90 valence electrons. The summed E-state index contributed by atoms with van der Waals surface area (Å²) >= 11 is 1.63. The molecule has 0 aliphatic heterocycles. The fourth-order valence-electron chi connectivity index (χ4n) is 1.63. The first-order valence-corrected chi connectivity index (χ1v) is 6.50. The van der Waals surface area contributed by atoms with Gasteiger partial charge >= 0.3 is 0 Å². The summed E-state index contributed by atoms with van der Waals surface area (Å²) in [5, 5.41) is 5.47. The number of nitrogens with zero attached hydrogens (tertiary/aromatic N) is 2. The van der Waals surface area contributed by atoms with Crippen LogP contribution < -0.4 is 10.2 Å². The van der Waals surface area contributed by atoms with Crippen molar-refractivity contribution in [2.24, 2.45) is 0 Å². The van der Waals surface area contributed by atoms with Crippen LogP contribution in [-0.2, 0) is 6.54 Å². The average Bonchev–Trinajstić information content (AvgIpc) is 2.80. The van der Waals surface area contributed by atoms with Crippen molar-refractivity contribution in [1.29, 1.82) is 0 Å². The van der Waals surface area contributed by atoms with Gasteiger partial charge in [0.15, 0.2) is 0 Å². The minimum Gasteiger partial charge on any atom is -0.379 e. The summed E-state index contributed by atoms with van der Waals surface area (Å²) in [7, 11) is 4.11. The smallest absolute Gasteiger partial charge is 0.0795 e. The van der Waals surface area contributed by atoms with Crippen LogP contribution in [0.2, 0.25) is 0 Å². The molecule has 2 rings (SSSR count). The van der Waals surface area contributed by atoms with Gasteiger partial charge in [0, 0.05) is 30.9 Å². The molecule has 0 aliphatic rings. The van der Waals surface area contributed by atoms with E-state index < -0.39 is 0 Å². The predicted molar refractivity (Wildman–Crippen MR) is 74.9 cm³/mol. The number of thiazole rings is 1. The molecule has 1 heterocycles. The largest absolute Gasteiger partial charge is 0.379 e. The van der Waals surface area contributed by atoms with E-state index in [9.17, 15) is 0 Å². The summed E-state index contributed by atoms with van der Waals surface area (Å²) in [5.41, 5.74) is 6.60. The zero-order valence-corrected chi connectivity index (χ0v) is 11.2. The van der Waals surface area contributed by atoms with Crippen LogP contribution in [0.3, 0.4) is 0 Å². The Labute approximate surface area is 106 Å². The Morgan fingerprint density at radius 3 is 2.76 bits per heavy atom. The summed E-state index contributed by atoms with van der Waals surface area (Å²) in [6.45, 7) is 2.90. The summed E-state index contributed by atoms with van der Waals surface area (Å²) in [6.07, 6.45) is 0. The lowest BCUT2D eigenvalue weighted by atomic mass is 10.1. The van der Waals surface area contributed by atoms with Crippen molar-refractivity contribution in [2.45, 2.75) is 13.5 Å². The van der Waals surface area contributed by atoms with Crippen LogP contribution >= 0.6 is 11.3 Å². The van der Waals surface area contributed by atoms with Crippen LogP contribution in [0, 0.1) is 6.92 Å². The van der Waals surface area contributed by atoms with E-state index in [1.807, 2.05) is 5.51 Å². The van der Waals surface area contributed by atoms with Gasteiger partial charge in [-0.2, -0.15) is 0 Å². The van der Waals surface area contributed by atoms with Gasteiger partial charge in [-0.1, -0.05) is 0 Å². The second-order valence-electron chi connectivity index (χ2n) is 4.23. The first kappa shape index (κ1) is 11.9. The van der Waals surface area contributed by atoms with Gasteiger partial charge in [-0.05, 0) is 30.7 Å². The van der Waals surface area contributed by atoms with E-state index in [0.29, 0.717) is 0 Å². The van der Waals surface area contributed by atoms with Gasteiger partial charge in [0.2, 0.25) is 0 Å². The van der Waals surface area contributed by atoms with Crippen molar-refractivity contribution in [3.05, 3.63) is 40.3 Å². The van der Waals surface area contributed by atoms with Gasteiger partial charge in [0.05, 0.1) is 17.7 Å². The summed E-state index contributed by atoms with van der Waals surface area (Å²) in [6, 6.07) is 6.43. The Balaban J connectivity index is 2.06. The summed E-state index contributed by atoms with van der Waals surface area (Å²) in [5.74, 6) is 0. The molecule has 0 radical (unpaired) electrons. The summed E-state index contributed by atoms with van der Waals surface area (Å²) in [4.78, 5) is 6.36. The predicted octanol–water partition coefficient (Wildman–Crippen LogP) is 3.13. The molecular weight excluding hydrogens is 230 g/mol. The van der Waals surface area contributed by atoms with Crippen LogP contribution in [0.1, 0.15) is 11.3 Å². The molecule has 3 nitrogen and oxygen atoms in total. The van der Waals surface area contributed by atoms with Gasteiger partial charge in [-0.25, -0.2) is 4.98 Å². The Kier molecular flexibility index (Phi) is 3.64. The molecule has 0 amide bonds. The third-order valence-electron chi connectivity index (χ3n) is 2.67. The quantitative estimate of drug-likeness (QED) is 0.899. The highest BCUT2D eigenvalue weighted by Gasteiger charge is 2.02. The molecule has 0 saturated carbocycles. The fraction of sp³-hybridized carbons (Fsp3) is 0.308. The van der Waals surface area contributed by atoms with E-state index in [1.165, 1.54) is 16.9 Å². The second-order valence-corrected chi connectivity index (χ2v) is 4.95. The highest BCUT2D eigenvalue weighted by molar-refractivity contribution is 7.07. The monoisotopic (exact) mass is 247 g/mol. The van der Waals surface area contributed by atoms with Crippen molar-refractivity contribution in [1.82, 2.24) is 4.98 Å². The lowest BCUT2D eigenvalue weighted by Gasteiger charge is -2.15. The molecule has 1 aromatic heterocycles. The third kappa shape index (κ3) is 2.97. The molecular formula is C13H17N3S. The van der Waals surface area contributed by atoms with Crippen molar-refractivity contribution in [3.63, 3.8) is 0 Å². The maximum absolute atomic E-state index is 4.25. The van der Waals surface area contributed by atoms with Gasteiger partial charge in [-0.3, -0.25) is 0 Å². The van der Waals surface area contributed by atoms with E-state index in [0.717, 1.165) is 12.2 Å². The van der Waals surface area contributed by atoms with Crippen LogP contribution in [-0.4, -0.2) is 19.1 Å². The third-order valence-corrected chi connectivity index (χ3v) is 3.31. The minimum absolute atomic E-state index is 0.783. The normalized spacial score (nSPS) is 10.3. The lowest BCUT2D eigenvalue weighted by molar-refractivity contribution is 1.07. The van der Waals surface area contributed by atoms with E-state index in [-0.39, 0.29) is 0 Å². The van der Waals surface area contributed by atoms with Crippen LogP contribution in [0.25, 0.3) is 0 Å². The maximum Gasteiger partial charge on any atom is 0.0795 e. The number of benzene rings is 1. The number of hydrogen-bond donors (Lipinski definition) is 1. The van der Waals surface area contributed by atoms with Crippen molar-refractivity contribution < 1.29 is 0 Å². The number of anilines is 2. The Morgan fingerprint density at radius 1 is 1.35 bits per heavy atom. The molecule has 0 spiro atoms. The Hall–Kier alpha value is -1.55. The highest BCUT2D eigenvalue weighted by atomic mass is 32.1. The van der Waals surface area contributed by atoms with Gasteiger partial charge in [0.25, 0.3) is 0 Å². The molecule has 2 aromatic rings. The zero-order chi connectivity index (χ0) is 12.3. The Morgan fingerprint density at radius 2 is 2.18 bits per heavy atom. The van der Waals surface area contributed by atoms with Crippen molar-refractivity contribution in [2.75, 3.05) is 24.3 Å². The SMILES string of the molecule is Cc1cc(N(C)C)ccc1NCc1cscn1. The molecule has 0 aliphatic carbocycles. The van der Waals surface area contributed by atoms with Crippen LogP contribution in [0.5, 0.6) is 0 Å². The highest BCUT2D eigenvalue weighted by Crippen LogP contribution is 2.21. The van der Waals surface area contributed by atoms with E-state index in [4.69, 9.17) is 0 Å². The molecule has 1 N–H and O–H groups in total. The average molecular weight is 247 g/mol. The maximum atomic E-state index is 4.25. The van der Waals surface area contributed by atoms with Crippen LogP contribution in [0.15, 0.2) is 29.1 Å². The number of aromatic nitrogens is 1. The van der Waals surface area contributed by atoms with Gasteiger partial charge < -0.3 is 10.2 Å². The second kappa shape index (κ2) is 5.19. The van der Waals surface area contributed by atoms with E-state index in [1.54, 1.807) is 11.3 Å². The van der Waals surface area contributed by atoms with Crippen molar-refractivity contribution >= 4 is 22.7 Å². The number of hydrogen-bond acceptors (Lipinski definition) is 4. The molecule has 4 heteroatoms. The topological polar surface area (TPSA) is 28.2 Å². The van der Waals surface area contributed by atoms with Gasteiger partial charge in [-0.15, -0.1) is 11.3 Å². The fourth-order valence-corrected chi connectivity index (χ4v) is 2.19.